The molecule has 0 N–H and O–H groups in total. The number of carbonyl (C=O) groups excluding carboxylic acids is 2. The van der Waals surface area contributed by atoms with E-state index in [9.17, 15) is 9.59 Å². The summed E-state index contributed by atoms with van der Waals surface area (Å²) in [6.45, 7) is 13.9. The fraction of sp³-hybridized carbons (Fsp3) is 0.517. The number of carbonyl (C=O) groups is 2. The molecule has 0 aromatic heterocycles. The number of ketones is 2. The van der Waals surface area contributed by atoms with Gasteiger partial charge in [-0.2, -0.15) is 0 Å². The highest BCUT2D eigenvalue weighted by Crippen LogP contribution is 2.54. The van der Waals surface area contributed by atoms with Crippen LogP contribution < -0.4 is 4.74 Å². The molecule has 0 saturated heterocycles. The summed E-state index contributed by atoms with van der Waals surface area (Å²) in [6, 6.07) is 7.85. The Kier molecular flexibility index (Phi) is 6.61. The lowest BCUT2D eigenvalue weighted by Gasteiger charge is -2.49. The van der Waals surface area contributed by atoms with Crippen molar-refractivity contribution in [3.05, 3.63) is 65.0 Å². The maximum atomic E-state index is 13.7. The highest BCUT2D eigenvalue weighted by Gasteiger charge is 2.48. The molecule has 0 spiro atoms. The zero-order valence-electron chi connectivity index (χ0n) is 21.2. The minimum absolute atomic E-state index is 0.125. The van der Waals surface area contributed by atoms with Gasteiger partial charge in [-0.15, -0.1) is 0 Å². The van der Waals surface area contributed by atoms with Crippen molar-refractivity contribution in [3.63, 3.8) is 0 Å². The van der Waals surface area contributed by atoms with Crippen LogP contribution in [0.15, 0.2) is 59.5 Å². The van der Waals surface area contributed by atoms with E-state index >= 15 is 0 Å². The predicted molar refractivity (Wildman–Crippen MR) is 134 cm³/mol. The van der Waals surface area contributed by atoms with Gasteiger partial charge in [-0.05, 0) is 41.4 Å². The van der Waals surface area contributed by atoms with Gasteiger partial charge in [0.2, 0.25) is 0 Å². The highest BCUT2D eigenvalue weighted by atomic mass is 16.5. The average molecular weight is 464 g/mol. The second-order valence-electron chi connectivity index (χ2n) is 11.3. The number of ether oxygens (including phenoxy) is 2. The molecule has 34 heavy (non-hydrogen) atoms. The molecular weight excluding hydrogens is 426 g/mol. The summed E-state index contributed by atoms with van der Waals surface area (Å²) in [6.07, 6.45) is 4.30. The molecule has 4 rings (SSSR count). The summed E-state index contributed by atoms with van der Waals surface area (Å²) in [5.74, 6) is 0.714. The molecule has 0 bridgehead atoms. The molecule has 0 unspecified atom stereocenters. The van der Waals surface area contributed by atoms with E-state index in [4.69, 9.17) is 9.47 Å². The van der Waals surface area contributed by atoms with E-state index in [1.54, 1.807) is 13.2 Å². The Hall–Kier alpha value is -2.66. The summed E-state index contributed by atoms with van der Waals surface area (Å²) in [4.78, 5) is 29.6. The van der Waals surface area contributed by atoms with Gasteiger partial charge in [0.25, 0.3) is 0 Å². The van der Waals surface area contributed by atoms with Crippen molar-refractivity contribution >= 4 is 11.6 Å². The van der Waals surface area contributed by atoms with E-state index < -0.39 is 0 Å². The molecule has 1 aromatic rings. The van der Waals surface area contributed by atoms with E-state index in [0.29, 0.717) is 32.6 Å². The van der Waals surface area contributed by atoms with Gasteiger partial charge in [0, 0.05) is 55.0 Å². The Labute approximate surface area is 203 Å². The fourth-order valence-electron chi connectivity index (χ4n) is 5.75. The molecule has 2 aliphatic carbocycles. The largest absolute Gasteiger partial charge is 0.490 e. The first kappa shape index (κ1) is 24.5. The quantitative estimate of drug-likeness (QED) is 0.494. The van der Waals surface area contributed by atoms with Crippen molar-refractivity contribution in [1.82, 2.24) is 4.90 Å². The van der Waals surface area contributed by atoms with Gasteiger partial charge in [-0.1, -0.05) is 52.5 Å². The monoisotopic (exact) mass is 463 g/mol. The summed E-state index contributed by atoms with van der Waals surface area (Å²) in [7, 11) is 1.69. The third kappa shape index (κ3) is 4.63. The molecule has 0 saturated carbocycles. The molecule has 182 valence electrons. The Bertz CT molecular complexity index is 1000. The normalized spacial score (nSPS) is 22.0. The molecule has 0 amide bonds. The number of nitrogens with zero attached hydrogens (tertiary/aromatic N) is 1. The summed E-state index contributed by atoms with van der Waals surface area (Å²) in [5, 5.41) is 0. The maximum Gasteiger partial charge on any atom is 0.162 e. The van der Waals surface area contributed by atoms with Crippen molar-refractivity contribution in [2.45, 2.75) is 59.3 Å². The Balaban J connectivity index is 1.90. The molecule has 3 aliphatic rings. The van der Waals surface area contributed by atoms with Crippen LogP contribution in [-0.4, -0.2) is 43.3 Å². The zero-order valence-corrected chi connectivity index (χ0v) is 21.2. The molecule has 0 radical (unpaired) electrons. The minimum atomic E-state index is -0.329. The third-order valence-electron chi connectivity index (χ3n) is 7.12. The first-order valence-corrected chi connectivity index (χ1v) is 12.2. The van der Waals surface area contributed by atoms with Crippen LogP contribution in [-0.2, 0) is 14.3 Å². The van der Waals surface area contributed by atoms with Gasteiger partial charge >= 0.3 is 0 Å². The van der Waals surface area contributed by atoms with Crippen molar-refractivity contribution in [1.29, 1.82) is 0 Å². The standard InChI is InChI=1S/C29H37NO4/c1-7-13-34-20-10-8-19(9-11-20)25-26-21(15-28(2,3)17-23(26)31)30(12-14-33-6)22-16-29(4,5)18-24(32)27(22)25/h7-11,25H,1,12-18H2,2-6H3. The number of benzene rings is 1. The van der Waals surface area contributed by atoms with E-state index in [1.165, 1.54) is 0 Å². The van der Waals surface area contributed by atoms with Crippen LogP contribution in [0.25, 0.3) is 0 Å². The van der Waals surface area contributed by atoms with E-state index in [-0.39, 0.29) is 28.3 Å². The molecule has 5 heteroatoms. The maximum absolute atomic E-state index is 13.7. The first-order chi connectivity index (χ1) is 16.1. The topological polar surface area (TPSA) is 55.8 Å². The van der Waals surface area contributed by atoms with Crippen molar-refractivity contribution in [2.24, 2.45) is 10.8 Å². The van der Waals surface area contributed by atoms with E-state index in [0.717, 1.165) is 46.7 Å². The molecule has 0 atom stereocenters. The lowest BCUT2D eigenvalue weighted by molar-refractivity contribution is -0.119. The van der Waals surface area contributed by atoms with Crippen molar-refractivity contribution < 1.29 is 19.1 Å². The van der Waals surface area contributed by atoms with Crippen LogP contribution in [0.3, 0.4) is 0 Å². The van der Waals surface area contributed by atoms with Crippen molar-refractivity contribution in [3.8, 4) is 5.75 Å². The van der Waals surface area contributed by atoms with Gasteiger partial charge in [-0.3, -0.25) is 9.59 Å². The Morgan fingerprint density at radius 3 is 1.94 bits per heavy atom. The van der Waals surface area contributed by atoms with Gasteiger partial charge in [-0.25, -0.2) is 0 Å². The number of hydrogen-bond acceptors (Lipinski definition) is 5. The smallest absolute Gasteiger partial charge is 0.162 e. The number of rotatable bonds is 7. The number of methoxy groups -OCH3 is 1. The fourth-order valence-corrected chi connectivity index (χ4v) is 5.75. The van der Waals surface area contributed by atoms with Crippen LogP contribution in [0.2, 0.25) is 0 Å². The van der Waals surface area contributed by atoms with E-state index in [1.807, 2.05) is 24.3 Å². The van der Waals surface area contributed by atoms with Crippen molar-refractivity contribution in [2.75, 3.05) is 26.9 Å². The van der Waals surface area contributed by atoms with Crippen LogP contribution in [0.1, 0.15) is 64.9 Å². The number of allylic oxidation sites excluding steroid dienone is 4. The highest BCUT2D eigenvalue weighted by molar-refractivity contribution is 6.06. The van der Waals surface area contributed by atoms with Gasteiger partial charge in [0.1, 0.15) is 12.4 Å². The number of hydrogen-bond donors (Lipinski definition) is 0. The minimum Gasteiger partial charge on any atom is -0.490 e. The predicted octanol–water partition coefficient (Wildman–Crippen LogP) is 5.58. The third-order valence-corrected chi connectivity index (χ3v) is 7.12. The van der Waals surface area contributed by atoms with Crippen LogP contribution in [0.5, 0.6) is 5.75 Å². The first-order valence-electron chi connectivity index (χ1n) is 12.2. The summed E-state index contributed by atoms with van der Waals surface area (Å²) < 4.78 is 11.1. The second kappa shape index (κ2) is 9.18. The van der Waals surface area contributed by atoms with Crippen LogP contribution >= 0.6 is 0 Å². The molecular formula is C29H37NO4. The lowest BCUT2D eigenvalue weighted by Crippen LogP contribution is -2.45. The molecule has 1 heterocycles. The number of Topliss-reactive ketones (excluding diaryl/α,β-unsaturated/α-hetero) is 2. The summed E-state index contributed by atoms with van der Waals surface area (Å²) in [5.41, 5.74) is 4.45. The average Bonchev–Trinajstić information content (AvgIpc) is 2.74. The summed E-state index contributed by atoms with van der Waals surface area (Å²) >= 11 is 0. The van der Waals surface area contributed by atoms with Crippen LogP contribution in [0, 0.1) is 10.8 Å². The van der Waals surface area contributed by atoms with Gasteiger partial charge < -0.3 is 14.4 Å². The molecule has 1 aliphatic heterocycles. The zero-order chi connectivity index (χ0) is 24.7. The Morgan fingerprint density at radius 2 is 1.47 bits per heavy atom. The lowest BCUT2D eigenvalue weighted by atomic mass is 9.63. The second-order valence-corrected chi connectivity index (χ2v) is 11.3. The Morgan fingerprint density at radius 1 is 0.941 bits per heavy atom. The molecule has 1 aromatic carbocycles. The van der Waals surface area contributed by atoms with Gasteiger partial charge in [0.05, 0.1) is 6.61 Å². The van der Waals surface area contributed by atoms with E-state index in [2.05, 4.69) is 39.2 Å². The molecule has 5 nitrogen and oxygen atoms in total. The molecule has 0 fully saturated rings. The van der Waals surface area contributed by atoms with Gasteiger partial charge in [0.15, 0.2) is 11.6 Å². The van der Waals surface area contributed by atoms with Crippen LogP contribution in [0.4, 0.5) is 0 Å². The SMILES string of the molecule is C=CCOc1ccc(C2C3=C(CC(C)(C)CC3=O)N(CCOC)C3=C2C(=O)CC(C)(C)C3)cc1.